The second-order valence-corrected chi connectivity index (χ2v) is 29.5. The van der Waals surface area contributed by atoms with Gasteiger partial charge in [-0.05, 0) is 104 Å². The van der Waals surface area contributed by atoms with Crippen LogP contribution in [-0.2, 0) is 9.59 Å². The van der Waals surface area contributed by atoms with E-state index in [4.69, 9.17) is 0 Å². The quantitative estimate of drug-likeness (QED) is 0.0445. The summed E-state index contributed by atoms with van der Waals surface area (Å²) >= 11 is 0. The number of rotatable bonds is 78. The van der Waals surface area contributed by atoms with E-state index in [1.165, 1.54) is 437 Å². The molecule has 0 amide bonds. The Morgan fingerprint density at radius 3 is 0.462 bits per heavy atom. The van der Waals surface area contributed by atoms with Gasteiger partial charge in [0.15, 0.2) is 0 Å². The van der Waals surface area contributed by atoms with Crippen molar-refractivity contribution in [2.75, 3.05) is 26.2 Å². The first kappa shape index (κ1) is 95.3. The molecule has 540 valence electrons. The second-order valence-electron chi connectivity index (χ2n) is 29.5. The third-order valence-electron chi connectivity index (χ3n) is 20.4. The van der Waals surface area contributed by atoms with E-state index in [2.05, 4.69) is 51.3 Å². The van der Waals surface area contributed by atoms with E-state index in [1.54, 1.807) is 0 Å². The zero-order valence-electron chi connectivity index (χ0n) is 63.7. The summed E-state index contributed by atoms with van der Waals surface area (Å²) in [5, 5.41) is 21.8. The summed E-state index contributed by atoms with van der Waals surface area (Å²) in [4.78, 5) is 27.1. The van der Waals surface area contributed by atoms with Gasteiger partial charge in [0.25, 0.3) is 0 Å². The molecule has 0 aromatic heterocycles. The Bertz CT molecular complexity index is 1160. The Labute approximate surface area is 604 Å². The number of hydrogen-bond donors (Lipinski definition) is 0. The summed E-state index contributed by atoms with van der Waals surface area (Å²) in [6.07, 6.45) is 94.3. The fourth-order valence-corrected chi connectivity index (χ4v) is 14.0. The topological polar surface area (TPSA) is 86.7 Å². The molecule has 0 bridgehead atoms. The van der Waals surface area contributed by atoms with Gasteiger partial charge < -0.3 is 29.6 Å². The molecule has 0 aliphatic carbocycles. The minimum absolute atomic E-state index is 0. The molecule has 7 heteroatoms. The van der Waals surface area contributed by atoms with Crippen LogP contribution in [0, 0.1) is 0 Å². The molecule has 0 saturated carbocycles. The van der Waals surface area contributed by atoms with E-state index in [1.807, 2.05) is 0 Å². The molecule has 0 heterocycles. The van der Waals surface area contributed by atoms with Crippen molar-refractivity contribution in [1.82, 2.24) is 9.80 Å². The van der Waals surface area contributed by atoms with Gasteiger partial charge in [0.05, 0.1) is 0 Å². The molecule has 0 aromatic carbocycles. The SMILES string of the molecule is CCCCCCCCCCCCCCCCCCN(CCCCCCCCCCCCCCCCCC)C(C)CCCC(=O)[O-].CCCCCCCCCCCCCCCCCCN(CCCCCCCCCCCCCCCCCC)C(C)CCCC(=O)[O-].[Ca+2]. The summed E-state index contributed by atoms with van der Waals surface area (Å²) in [6.45, 7) is 18.6. The molecular formula is C84H168CaN2O4. The molecule has 91 heavy (non-hydrogen) atoms. The Balaban J connectivity index is -0.00000168. The molecule has 2 atom stereocenters. The number of unbranched alkanes of at least 4 members (excludes halogenated alkanes) is 60. The monoisotopic (exact) mass is 1310 g/mol. The Hall–Kier alpha value is 0.120. The summed E-state index contributed by atoms with van der Waals surface area (Å²) in [5.41, 5.74) is 0. The molecule has 6 nitrogen and oxygen atoms in total. The van der Waals surface area contributed by atoms with Crippen LogP contribution in [0.25, 0.3) is 0 Å². The van der Waals surface area contributed by atoms with Gasteiger partial charge in [0, 0.05) is 24.0 Å². The molecule has 0 saturated heterocycles. The van der Waals surface area contributed by atoms with Crippen molar-refractivity contribution >= 4 is 49.7 Å². The van der Waals surface area contributed by atoms with Crippen LogP contribution < -0.4 is 10.2 Å². The first-order chi connectivity index (χ1) is 44.2. The molecule has 0 rings (SSSR count). The van der Waals surface area contributed by atoms with Crippen LogP contribution in [0.4, 0.5) is 0 Å². The first-order valence-electron chi connectivity index (χ1n) is 42.1. The van der Waals surface area contributed by atoms with Gasteiger partial charge in [-0.15, -0.1) is 0 Å². The van der Waals surface area contributed by atoms with Crippen molar-refractivity contribution in [3.8, 4) is 0 Å². The van der Waals surface area contributed by atoms with Crippen LogP contribution in [0.3, 0.4) is 0 Å². The molecule has 0 aromatic rings. The molecule has 2 unspecified atom stereocenters. The molecule has 0 spiro atoms. The van der Waals surface area contributed by atoms with Crippen molar-refractivity contribution in [2.24, 2.45) is 0 Å². The molecule has 0 aliphatic rings. The van der Waals surface area contributed by atoms with Crippen LogP contribution in [0.5, 0.6) is 0 Å². The van der Waals surface area contributed by atoms with Crippen molar-refractivity contribution in [3.63, 3.8) is 0 Å². The van der Waals surface area contributed by atoms with Crippen molar-refractivity contribution < 1.29 is 19.8 Å². The molecule has 0 aliphatic heterocycles. The van der Waals surface area contributed by atoms with Crippen LogP contribution >= 0.6 is 0 Å². The predicted octanol–water partition coefficient (Wildman–Crippen LogP) is 25.9. The average molecular weight is 1310 g/mol. The smallest absolute Gasteiger partial charge is 0.550 e. The van der Waals surface area contributed by atoms with E-state index in [0.717, 1.165) is 25.7 Å². The summed E-state index contributed by atoms with van der Waals surface area (Å²) in [6, 6.07) is 0.967. The summed E-state index contributed by atoms with van der Waals surface area (Å²) < 4.78 is 0. The standard InChI is InChI=1S/2C42H85NO2.Ca/c2*1-4-6-8-10-12-14-16-18-20-22-24-26-28-30-32-34-39-43(41(3)37-36-38-42(44)45)40-35-33-31-29-27-25-23-21-19-17-15-13-11-9-7-5-2;/h2*41H,4-40H2,1-3H3,(H,44,45);/q;;+2/p-2. The van der Waals surface area contributed by atoms with Crippen molar-refractivity contribution in [1.29, 1.82) is 0 Å². The number of carboxylic acid groups (broad SMARTS) is 2. The maximum Gasteiger partial charge on any atom is 2.00 e. The van der Waals surface area contributed by atoms with Crippen molar-refractivity contribution in [3.05, 3.63) is 0 Å². The van der Waals surface area contributed by atoms with Gasteiger partial charge >= 0.3 is 37.7 Å². The van der Waals surface area contributed by atoms with Gasteiger partial charge in [-0.1, -0.05) is 413 Å². The van der Waals surface area contributed by atoms with Crippen molar-refractivity contribution in [2.45, 2.75) is 503 Å². The molecule has 0 fully saturated rings. The second kappa shape index (κ2) is 84.3. The minimum Gasteiger partial charge on any atom is -0.550 e. The largest absolute Gasteiger partial charge is 2.00 e. The van der Waals surface area contributed by atoms with Crippen LogP contribution in [0.1, 0.15) is 491 Å². The maximum absolute atomic E-state index is 10.9. The number of hydrogen-bond acceptors (Lipinski definition) is 6. The number of carboxylic acids is 2. The Morgan fingerprint density at radius 1 is 0.220 bits per heavy atom. The number of carbonyl (C=O) groups is 2. The van der Waals surface area contributed by atoms with Gasteiger partial charge in [-0.25, -0.2) is 0 Å². The zero-order chi connectivity index (χ0) is 65.8. The number of carbonyl (C=O) groups excluding carboxylic acids is 2. The number of nitrogens with zero attached hydrogens (tertiary/aromatic N) is 2. The maximum atomic E-state index is 10.9. The van der Waals surface area contributed by atoms with E-state index in [-0.39, 0.29) is 50.6 Å². The van der Waals surface area contributed by atoms with Gasteiger partial charge in [-0.2, -0.15) is 0 Å². The van der Waals surface area contributed by atoms with Gasteiger partial charge in [0.1, 0.15) is 0 Å². The molecule has 0 N–H and O–H groups in total. The van der Waals surface area contributed by atoms with Gasteiger partial charge in [-0.3, -0.25) is 0 Å². The fourth-order valence-electron chi connectivity index (χ4n) is 14.0. The van der Waals surface area contributed by atoms with E-state index >= 15 is 0 Å². The molecule has 0 radical (unpaired) electrons. The normalized spacial score (nSPS) is 12.2. The first-order valence-corrected chi connectivity index (χ1v) is 42.1. The zero-order valence-corrected chi connectivity index (χ0v) is 65.9. The Kier molecular flexibility index (Phi) is 88.3. The summed E-state index contributed by atoms with van der Waals surface area (Å²) in [7, 11) is 0. The third kappa shape index (κ3) is 82.5. The van der Waals surface area contributed by atoms with Crippen LogP contribution in [-0.4, -0.2) is 97.7 Å². The summed E-state index contributed by atoms with van der Waals surface area (Å²) in [5.74, 6) is -1.80. The third-order valence-corrected chi connectivity index (χ3v) is 20.4. The van der Waals surface area contributed by atoms with Crippen LogP contribution in [0.15, 0.2) is 0 Å². The van der Waals surface area contributed by atoms with E-state index < -0.39 is 11.9 Å². The van der Waals surface area contributed by atoms with Gasteiger partial charge in [0.2, 0.25) is 0 Å². The molecular weight excluding hydrogens is 1140 g/mol. The Morgan fingerprint density at radius 2 is 0.341 bits per heavy atom. The minimum atomic E-state index is -0.899. The average Bonchev–Trinajstić information content (AvgIpc) is 3.72. The van der Waals surface area contributed by atoms with E-state index in [9.17, 15) is 19.8 Å². The predicted molar refractivity (Wildman–Crippen MR) is 404 cm³/mol. The number of aliphatic carboxylic acids is 2. The van der Waals surface area contributed by atoms with E-state index in [0.29, 0.717) is 12.1 Å². The fraction of sp³-hybridized carbons (Fsp3) is 0.976. The van der Waals surface area contributed by atoms with Crippen LogP contribution in [0.2, 0.25) is 0 Å².